The maximum absolute atomic E-state index is 13.5. The van der Waals surface area contributed by atoms with Crippen molar-refractivity contribution in [2.45, 2.75) is 55.9 Å². The van der Waals surface area contributed by atoms with Gasteiger partial charge in [-0.2, -0.15) is 13.2 Å². The second-order valence-corrected chi connectivity index (χ2v) is 13.2. The average Bonchev–Trinajstić information content (AvgIpc) is 3.31. The van der Waals surface area contributed by atoms with Crippen molar-refractivity contribution in [3.63, 3.8) is 0 Å². The van der Waals surface area contributed by atoms with Crippen molar-refractivity contribution in [1.29, 1.82) is 0 Å². The van der Waals surface area contributed by atoms with Gasteiger partial charge in [-0.15, -0.1) is 0 Å². The normalized spacial score (nSPS) is 19.1. The predicted octanol–water partition coefficient (Wildman–Crippen LogP) is 4.32. The zero-order valence-corrected chi connectivity index (χ0v) is 25.6. The number of ether oxygens (including phenoxy) is 1. The van der Waals surface area contributed by atoms with Gasteiger partial charge in [0, 0.05) is 23.9 Å². The first-order valence-corrected chi connectivity index (χ1v) is 15.7. The highest BCUT2D eigenvalue weighted by molar-refractivity contribution is 7.90. The number of carbonyl (C=O) groups is 1. The molecule has 43 heavy (non-hydrogen) atoms. The van der Waals surface area contributed by atoms with Gasteiger partial charge >= 0.3 is 6.18 Å². The molecular formula is C30H36F3N5O4S. The smallest absolute Gasteiger partial charge is 0.406 e. The number of alkyl halides is 3. The van der Waals surface area contributed by atoms with Gasteiger partial charge in [-0.3, -0.25) is 4.79 Å². The van der Waals surface area contributed by atoms with Crippen LogP contribution in [0.5, 0.6) is 5.75 Å². The van der Waals surface area contributed by atoms with Crippen molar-refractivity contribution in [2.75, 3.05) is 39.3 Å². The van der Waals surface area contributed by atoms with Crippen molar-refractivity contribution in [3.05, 3.63) is 47.8 Å². The van der Waals surface area contributed by atoms with Gasteiger partial charge in [0.1, 0.15) is 17.8 Å². The highest BCUT2D eigenvalue weighted by Crippen LogP contribution is 2.29. The van der Waals surface area contributed by atoms with E-state index in [4.69, 9.17) is 4.74 Å². The highest BCUT2D eigenvalue weighted by Gasteiger charge is 2.32. The van der Waals surface area contributed by atoms with Crippen molar-refractivity contribution in [2.24, 2.45) is 5.92 Å². The van der Waals surface area contributed by atoms with Crippen molar-refractivity contribution in [1.82, 2.24) is 19.8 Å². The van der Waals surface area contributed by atoms with Crippen LogP contribution < -0.4 is 15.4 Å². The molecule has 0 saturated heterocycles. The number of carbonyl (C=O) groups excluding carboxylic acids is 1. The number of nitrogens with zero attached hydrogens (tertiary/aromatic N) is 3. The summed E-state index contributed by atoms with van der Waals surface area (Å²) in [5.74, 6) is 6.04. The fourth-order valence-corrected chi connectivity index (χ4v) is 6.01. The molecule has 0 radical (unpaired) electrons. The molecule has 1 amide bonds. The molecule has 3 atom stereocenters. The van der Waals surface area contributed by atoms with E-state index >= 15 is 0 Å². The molecule has 1 aliphatic carbocycles. The van der Waals surface area contributed by atoms with E-state index in [9.17, 15) is 26.4 Å². The molecule has 13 heteroatoms. The summed E-state index contributed by atoms with van der Waals surface area (Å²) in [6.07, 6.45) is 0.331. The Morgan fingerprint density at radius 1 is 1.21 bits per heavy atom. The fourth-order valence-electron chi connectivity index (χ4n) is 5.37. The number of sulfone groups is 1. The Labute approximate surface area is 249 Å². The van der Waals surface area contributed by atoms with Gasteiger partial charge < -0.3 is 24.8 Å². The van der Waals surface area contributed by atoms with E-state index in [1.54, 1.807) is 0 Å². The summed E-state index contributed by atoms with van der Waals surface area (Å²) in [5.41, 5.74) is 1.22. The SMILES string of the molecule is COc1ccc(S(C)(=O)=O)cc1NCC#Cc1cc(C(=O)N[C@H]2CC[C@H](N(C)C)C[C@@H]2C)c2ncn(CC(F)(F)F)c2c1. The zero-order chi connectivity index (χ0) is 31.5. The third-order valence-corrected chi connectivity index (χ3v) is 8.82. The van der Waals surface area contributed by atoms with Crippen LogP contribution in [0.2, 0.25) is 0 Å². The number of hydrogen-bond donors (Lipinski definition) is 2. The van der Waals surface area contributed by atoms with Crippen LogP contribution in [0, 0.1) is 17.8 Å². The van der Waals surface area contributed by atoms with Gasteiger partial charge in [0.2, 0.25) is 0 Å². The first-order valence-electron chi connectivity index (χ1n) is 13.8. The summed E-state index contributed by atoms with van der Waals surface area (Å²) >= 11 is 0. The lowest BCUT2D eigenvalue weighted by Gasteiger charge is -2.37. The molecule has 232 valence electrons. The van der Waals surface area contributed by atoms with Crippen LogP contribution >= 0.6 is 0 Å². The summed E-state index contributed by atoms with van der Waals surface area (Å²) in [4.78, 5) is 20.0. The minimum atomic E-state index is -4.48. The number of benzene rings is 2. The second kappa shape index (κ2) is 12.9. The van der Waals surface area contributed by atoms with Gasteiger partial charge in [0.15, 0.2) is 9.84 Å². The molecule has 1 fully saturated rings. The topological polar surface area (TPSA) is 106 Å². The molecule has 2 N–H and O–H groups in total. The average molecular weight is 620 g/mol. The van der Waals surface area contributed by atoms with Gasteiger partial charge in [-0.1, -0.05) is 18.8 Å². The van der Waals surface area contributed by atoms with Crippen LogP contribution in [-0.4, -0.2) is 81.0 Å². The Kier molecular flexibility index (Phi) is 9.61. The molecule has 0 aliphatic heterocycles. The molecule has 0 unspecified atom stereocenters. The van der Waals surface area contributed by atoms with E-state index < -0.39 is 28.5 Å². The largest absolute Gasteiger partial charge is 0.495 e. The summed E-state index contributed by atoms with van der Waals surface area (Å²) in [6, 6.07) is 7.77. The maximum Gasteiger partial charge on any atom is 0.406 e. The van der Waals surface area contributed by atoms with E-state index in [1.165, 1.54) is 37.4 Å². The van der Waals surface area contributed by atoms with Crippen molar-refractivity contribution >= 4 is 32.5 Å². The number of halogens is 3. The number of methoxy groups -OCH3 is 1. The van der Waals surface area contributed by atoms with Crippen LogP contribution in [0.4, 0.5) is 18.9 Å². The minimum Gasteiger partial charge on any atom is -0.495 e. The zero-order valence-electron chi connectivity index (χ0n) is 24.7. The number of anilines is 1. The first-order chi connectivity index (χ1) is 20.2. The number of amides is 1. The molecule has 9 nitrogen and oxygen atoms in total. The molecule has 4 rings (SSSR count). The quantitative estimate of drug-likeness (QED) is 0.362. The lowest BCUT2D eigenvalue weighted by atomic mass is 9.82. The van der Waals surface area contributed by atoms with Gasteiger partial charge in [-0.25, -0.2) is 13.4 Å². The third kappa shape index (κ3) is 8.00. The molecule has 1 aromatic heterocycles. The van der Waals surface area contributed by atoms with E-state index in [0.29, 0.717) is 23.0 Å². The Hall–Kier alpha value is -3.76. The van der Waals surface area contributed by atoms with E-state index in [1.807, 2.05) is 14.1 Å². The van der Waals surface area contributed by atoms with Gasteiger partial charge in [0.05, 0.1) is 41.6 Å². The number of aromatic nitrogens is 2. The second-order valence-electron chi connectivity index (χ2n) is 11.2. The Bertz CT molecular complexity index is 1660. The van der Waals surface area contributed by atoms with Crippen molar-refractivity contribution in [3.8, 4) is 17.6 Å². The Morgan fingerprint density at radius 3 is 2.58 bits per heavy atom. The lowest BCUT2D eigenvalue weighted by molar-refractivity contribution is -0.139. The third-order valence-electron chi connectivity index (χ3n) is 7.71. The Balaban J connectivity index is 1.61. The van der Waals surface area contributed by atoms with E-state index in [-0.39, 0.29) is 40.0 Å². The summed E-state index contributed by atoms with van der Waals surface area (Å²) in [5, 5.41) is 6.10. The number of imidazole rings is 1. The van der Waals surface area contributed by atoms with Crippen LogP contribution in [0.3, 0.4) is 0 Å². The number of rotatable bonds is 8. The van der Waals surface area contributed by atoms with Crippen LogP contribution in [0.25, 0.3) is 11.0 Å². The monoisotopic (exact) mass is 619 g/mol. The molecule has 1 aliphatic rings. The van der Waals surface area contributed by atoms with E-state index in [0.717, 1.165) is 36.4 Å². The molecule has 0 spiro atoms. The van der Waals surface area contributed by atoms with Crippen LogP contribution in [-0.2, 0) is 16.4 Å². The Morgan fingerprint density at radius 2 is 1.95 bits per heavy atom. The van der Waals surface area contributed by atoms with Crippen molar-refractivity contribution < 1.29 is 31.1 Å². The minimum absolute atomic E-state index is 0.0670. The standard InChI is InChI=1S/C30H36F3N5O4S/c1-19-13-21(37(2)3)8-10-24(19)36-29(39)23-14-20(15-26-28(23)35-18-38(26)17-30(31,32)33)7-6-12-34-25-16-22(43(5,40)41)9-11-27(25)42-4/h9,11,14-16,18-19,21,24,34H,8,10,12-13,17H2,1-5H3,(H,36,39)/t19-,21-,24-/m0/s1. The fraction of sp³-hybridized carbons (Fsp3) is 0.467. The molecular weight excluding hydrogens is 583 g/mol. The summed E-state index contributed by atoms with van der Waals surface area (Å²) < 4.78 is 70.1. The number of nitrogens with one attached hydrogen (secondary N) is 2. The molecule has 0 bridgehead atoms. The molecule has 1 heterocycles. The number of hydrogen-bond acceptors (Lipinski definition) is 7. The van der Waals surface area contributed by atoms with Crippen LogP contribution in [0.1, 0.15) is 42.1 Å². The molecule has 2 aromatic carbocycles. The van der Waals surface area contributed by atoms with Gasteiger partial charge in [0.25, 0.3) is 5.91 Å². The van der Waals surface area contributed by atoms with E-state index in [2.05, 4.69) is 39.3 Å². The summed E-state index contributed by atoms with van der Waals surface area (Å²) in [6.45, 7) is 0.895. The number of fused-ring (bicyclic) bond motifs is 1. The predicted molar refractivity (Wildman–Crippen MR) is 159 cm³/mol. The van der Waals surface area contributed by atoms with Gasteiger partial charge in [-0.05, 0) is 69.6 Å². The first kappa shape index (κ1) is 32.2. The highest BCUT2D eigenvalue weighted by atomic mass is 32.2. The molecule has 3 aromatic rings. The molecule has 1 saturated carbocycles. The van der Waals surface area contributed by atoms with Crippen LogP contribution in [0.15, 0.2) is 41.6 Å². The summed E-state index contributed by atoms with van der Waals surface area (Å²) in [7, 11) is 2.08. The maximum atomic E-state index is 13.5. The lowest BCUT2D eigenvalue weighted by Crippen LogP contribution is -2.46.